The fourth-order valence-electron chi connectivity index (χ4n) is 2.88. The number of rotatable bonds is 6. The zero-order valence-corrected chi connectivity index (χ0v) is 16.0. The lowest BCUT2D eigenvalue weighted by atomic mass is 10.1. The fraction of sp³-hybridized carbons (Fsp3) is 0.190. The van der Waals surface area contributed by atoms with E-state index in [1.54, 1.807) is 43.6 Å². The topological polar surface area (TPSA) is 100 Å². The first-order chi connectivity index (χ1) is 14.0. The van der Waals surface area contributed by atoms with Crippen molar-refractivity contribution in [3.05, 3.63) is 70.3 Å². The average molecular weight is 390 g/mol. The van der Waals surface area contributed by atoms with E-state index in [0.29, 0.717) is 40.7 Å². The van der Waals surface area contributed by atoms with Crippen molar-refractivity contribution in [2.24, 2.45) is 7.05 Å². The third-order valence-corrected chi connectivity index (χ3v) is 4.33. The number of nitrogens with zero attached hydrogens (tertiary/aromatic N) is 4. The number of aryl methyl sites for hydroxylation is 1. The second-order valence-electron chi connectivity index (χ2n) is 6.41. The molecule has 3 aromatic heterocycles. The lowest BCUT2D eigenvalue weighted by Crippen LogP contribution is -2.18. The quantitative estimate of drug-likeness (QED) is 0.467. The molecule has 0 amide bonds. The van der Waals surface area contributed by atoms with Crippen molar-refractivity contribution in [2.75, 3.05) is 6.61 Å². The first-order valence-electron chi connectivity index (χ1n) is 9.10. The Balaban J connectivity index is 1.56. The highest BCUT2D eigenvalue weighted by Gasteiger charge is 2.13. The predicted molar refractivity (Wildman–Crippen MR) is 106 cm³/mol. The van der Waals surface area contributed by atoms with Crippen LogP contribution in [0.4, 0.5) is 0 Å². The van der Waals surface area contributed by atoms with Gasteiger partial charge < -0.3 is 9.15 Å². The summed E-state index contributed by atoms with van der Waals surface area (Å²) in [6.45, 7) is 2.43. The first kappa shape index (κ1) is 18.5. The molecular formula is C21H18N4O4. The van der Waals surface area contributed by atoms with Gasteiger partial charge in [0.25, 0.3) is 5.56 Å². The molecule has 0 N–H and O–H groups in total. The summed E-state index contributed by atoms with van der Waals surface area (Å²) in [5, 5.41) is 4.14. The number of hydrogen-bond acceptors (Lipinski definition) is 7. The van der Waals surface area contributed by atoms with Gasteiger partial charge in [0, 0.05) is 19.5 Å². The number of aromatic nitrogens is 4. The summed E-state index contributed by atoms with van der Waals surface area (Å²) < 4.78 is 12.3. The van der Waals surface area contributed by atoms with Gasteiger partial charge in [-0.1, -0.05) is 6.07 Å². The van der Waals surface area contributed by atoms with Crippen LogP contribution in [0.2, 0.25) is 0 Å². The number of ketones is 1. The van der Waals surface area contributed by atoms with Gasteiger partial charge in [0.1, 0.15) is 22.7 Å². The van der Waals surface area contributed by atoms with E-state index in [1.165, 1.54) is 10.7 Å². The minimum Gasteiger partial charge on any atom is -0.492 e. The number of hydrogen-bond donors (Lipinski definition) is 0. The molecule has 0 aliphatic rings. The van der Waals surface area contributed by atoms with E-state index in [4.69, 9.17) is 9.15 Å². The van der Waals surface area contributed by atoms with Crippen LogP contribution in [0.3, 0.4) is 0 Å². The van der Waals surface area contributed by atoms with E-state index in [0.717, 1.165) is 5.56 Å². The van der Waals surface area contributed by atoms with E-state index >= 15 is 0 Å². The van der Waals surface area contributed by atoms with Gasteiger partial charge in [0.15, 0.2) is 11.4 Å². The Labute approximate surface area is 165 Å². The SMILES string of the molecule is CCOc1ccc(C(=O)Cc2ccc3oc(-c4ccc(=O)n(C)n4)nc3c2)nc1. The summed E-state index contributed by atoms with van der Waals surface area (Å²) in [5.41, 5.74) is 2.61. The van der Waals surface area contributed by atoms with E-state index in [-0.39, 0.29) is 17.8 Å². The van der Waals surface area contributed by atoms with Crippen LogP contribution in [-0.2, 0) is 13.5 Å². The van der Waals surface area contributed by atoms with Crippen molar-refractivity contribution < 1.29 is 13.9 Å². The van der Waals surface area contributed by atoms with E-state index in [2.05, 4.69) is 15.1 Å². The number of pyridine rings is 1. The van der Waals surface area contributed by atoms with Crippen LogP contribution < -0.4 is 10.3 Å². The Morgan fingerprint density at radius 1 is 1.17 bits per heavy atom. The maximum absolute atomic E-state index is 12.5. The number of benzene rings is 1. The second kappa shape index (κ2) is 7.67. The van der Waals surface area contributed by atoms with E-state index < -0.39 is 0 Å². The van der Waals surface area contributed by atoms with Crippen molar-refractivity contribution in [2.45, 2.75) is 13.3 Å². The predicted octanol–water partition coefficient (Wildman–Crippen LogP) is 2.81. The summed E-state index contributed by atoms with van der Waals surface area (Å²) in [5.74, 6) is 0.843. The highest BCUT2D eigenvalue weighted by molar-refractivity contribution is 5.96. The molecule has 8 heteroatoms. The van der Waals surface area contributed by atoms with Gasteiger partial charge in [-0.2, -0.15) is 5.10 Å². The molecule has 0 unspecified atom stereocenters. The third kappa shape index (κ3) is 3.91. The summed E-state index contributed by atoms with van der Waals surface area (Å²) in [6.07, 6.45) is 1.74. The van der Waals surface area contributed by atoms with Crippen molar-refractivity contribution >= 4 is 16.9 Å². The minimum absolute atomic E-state index is 0.101. The molecule has 8 nitrogen and oxygen atoms in total. The minimum atomic E-state index is -0.214. The van der Waals surface area contributed by atoms with Crippen LogP contribution in [0.15, 0.2) is 57.9 Å². The van der Waals surface area contributed by atoms with Crippen LogP contribution in [0.1, 0.15) is 23.0 Å². The number of carbonyl (C=O) groups excluding carboxylic acids is 1. The average Bonchev–Trinajstić information content (AvgIpc) is 3.14. The molecule has 0 saturated heterocycles. The van der Waals surface area contributed by atoms with Crippen LogP contribution in [0.5, 0.6) is 5.75 Å². The molecule has 1 aromatic carbocycles. The first-order valence-corrected chi connectivity index (χ1v) is 9.10. The van der Waals surface area contributed by atoms with Gasteiger partial charge in [0.05, 0.1) is 12.8 Å². The van der Waals surface area contributed by atoms with Crippen LogP contribution in [-0.4, -0.2) is 32.1 Å². The number of carbonyl (C=O) groups is 1. The van der Waals surface area contributed by atoms with Crippen LogP contribution in [0, 0.1) is 0 Å². The Kier molecular flexibility index (Phi) is 4.90. The number of Topliss-reactive ketones (excluding diaryl/α,β-unsaturated/α-hetero) is 1. The molecule has 3 heterocycles. The zero-order chi connectivity index (χ0) is 20.4. The number of ether oxygens (including phenoxy) is 1. The van der Waals surface area contributed by atoms with Gasteiger partial charge >= 0.3 is 0 Å². The summed E-state index contributed by atoms with van der Waals surface area (Å²) >= 11 is 0. The normalized spacial score (nSPS) is 11.0. The van der Waals surface area contributed by atoms with Gasteiger partial charge in [-0.3, -0.25) is 9.59 Å². The number of fused-ring (bicyclic) bond motifs is 1. The van der Waals surface area contributed by atoms with Crippen molar-refractivity contribution in [3.63, 3.8) is 0 Å². The van der Waals surface area contributed by atoms with E-state index in [9.17, 15) is 9.59 Å². The third-order valence-electron chi connectivity index (χ3n) is 4.33. The molecule has 0 bridgehead atoms. The molecule has 0 aliphatic heterocycles. The molecule has 146 valence electrons. The Morgan fingerprint density at radius 3 is 2.76 bits per heavy atom. The monoisotopic (exact) mass is 390 g/mol. The lowest BCUT2D eigenvalue weighted by molar-refractivity contribution is 0.0988. The Morgan fingerprint density at radius 2 is 2.03 bits per heavy atom. The standard InChI is InChI=1S/C21H18N4O4/c1-3-28-14-5-6-15(22-12-14)18(26)11-13-4-8-19-17(10-13)23-21(29-19)16-7-9-20(27)25(2)24-16/h4-10,12H,3,11H2,1-2H3. The molecule has 0 aliphatic carbocycles. The molecule has 0 fully saturated rings. The number of oxazole rings is 1. The van der Waals surface area contributed by atoms with Gasteiger partial charge in [-0.05, 0) is 42.8 Å². The van der Waals surface area contributed by atoms with Crippen molar-refractivity contribution in [1.29, 1.82) is 0 Å². The molecule has 4 aromatic rings. The van der Waals surface area contributed by atoms with Crippen LogP contribution in [0.25, 0.3) is 22.7 Å². The summed E-state index contributed by atoms with van der Waals surface area (Å²) in [7, 11) is 1.56. The lowest BCUT2D eigenvalue weighted by Gasteiger charge is -2.04. The summed E-state index contributed by atoms with van der Waals surface area (Å²) in [6, 6.07) is 11.7. The Hall–Kier alpha value is -3.81. The molecule has 0 spiro atoms. The fourth-order valence-corrected chi connectivity index (χ4v) is 2.88. The molecule has 29 heavy (non-hydrogen) atoms. The van der Waals surface area contributed by atoms with Gasteiger partial charge in [0.2, 0.25) is 5.89 Å². The molecule has 0 radical (unpaired) electrons. The van der Waals surface area contributed by atoms with E-state index in [1.807, 2.05) is 13.0 Å². The smallest absolute Gasteiger partial charge is 0.266 e. The van der Waals surface area contributed by atoms with Gasteiger partial charge in [-0.25, -0.2) is 14.6 Å². The van der Waals surface area contributed by atoms with Crippen molar-refractivity contribution in [3.8, 4) is 17.3 Å². The maximum atomic E-state index is 12.5. The molecule has 4 rings (SSSR count). The maximum Gasteiger partial charge on any atom is 0.266 e. The zero-order valence-electron chi connectivity index (χ0n) is 16.0. The highest BCUT2D eigenvalue weighted by Crippen LogP contribution is 2.23. The summed E-state index contributed by atoms with van der Waals surface area (Å²) in [4.78, 5) is 32.6. The van der Waals surface area contributed by atoms with Gasteiger partial charge in [-0.15, -0.1) is 0 Å². The Bertz CT molecular complexity index is 1240. The van der Waals surface area contributed by atoms with Crippen molar-refractivity contribution in [1.82, 2.24) is 19.7 Å². The largest absolute Gasteiger partial charge is 0.492 e. The van der Waals surface area contributed by atoms with Crippen LogP contribution >= 0.6 is 0 Å². The molecule has 0 saturated carbocycles. The molecular weight excluding hydrogens is 372 g/mol. The second-order valence-corrected chi connectivity index (χ2v) is 6.41. The molecule has 0 atom stereocenters. The highest BCUT2D eigenvalue weighted by atomic mass is 16.5.